The Bertz CT molecular complexity index is 915. The van der Waals surface area contributed by atoms with Gasteiger partial charge in [0.2, 0.25) is 0 Å². The molecular formula is C15H15N3O3S. The minimum atomic E-state index is -3.63. The Balaban J connectivity index is 1.91. The second-order valence-electron chi connectivity index (χ2n) is 4.86. The van der Waals surface area contributed by atoms with E-state index in [4.69, 9.17) is 4.74 Å². The highest BCUT2D eigenvalue weighted by Gasteiger charge is 2.14. The summed E-state index contributed by atoms with van der Waals surface area (Å²) in [6.45, 7) is 0. The number of ether oxygens (including phenoxy) is 1. The average molecular weight is 317 g/mol. The van der Waals surface area contributed by atoms with Crippen molar-refractivity contribution in [2.45, 2.75) is 4.90 Å². The van der Waals surface area contributed by atoms with Crippen LogP contribution in [-0.4, -0.2) is 25.3 Å². The van der Waals surface area contributed by atoms with Crippen LogP contribution in [0.5, 0.6) is 5.75 Å². The van der Waals surface area contributed by atoms with Crippen LogP contribution in [-0.2, 0) is 17.1 Å². The fourth-order valence-corrected chi connectivity index (χ4v) is 3.23. The van der Waals surface area contributed by atoms with Crippen LogP contribution in [0, 0.1) is 0 Å². The first kappa shape index (κ1) is 14.4. The summed E-state index contributed by atoms with van der Waals surface area (Å²) in [4.78, 5) is 0.180. The summed E-state index contributed by atoms with van der Waals surface area (Å²) in [7, 11) is -0.280. The molecule has 1 heterocycles. The number of hydrogen-bond donors (Lipinski definition) is 1. The molecule has 0 atom stereocenters. The minimum absolute atomic E-state index is 0.180. The zero-order valence-electron chi connectivity index (χ0n) is 12.1. The summed E-state index contributed by atoms with van der Waals surface area (Å²) < 4.78 is 34.0. The molecule has 7 heteroatoms. The molecule has 114 valence electrons. The molecule has 0 aliphatic rings. The maximum Gasteiger partial charge on any atom is 0.261 e. The monoisotopic (exact) mass is 317 g/mol. The summed E-state index contributed by atoms with van der Waals surface area (Å²) in [5.41, 5.74) is 1.31. The molecule has 6 nitrogen and oxygen atoms in total. The second-order valence-corrected chi connectivity index (χ2v) is 6.54. The van der Waals surface area contributed by atoms with Crippen LogP contribution in [0.4, 0.5) is 5.69 Å². The summed E-state index contributed by atoms with van der Waals surface area (Å²) in [5, 5.41) is 5.13. The van der Waals surface area contributed by atoms with Crippen LogP contribution in [0.2, 0.25) is 0 Å². The number of benzene rings is 2. The Morgan fingerprint density at radius 3 is 2.55 bits per heavy atom. The van der Waals surface area contributed by atoms with Crippen LogP contribution >= 0.6 is 0 Å². The van der Waals surface area contributed by atoms with Crippen molar-refractivity contribution in [3.05, 3.63) is 48.7 Å². The van der Waals surface area contributed by atoms with Gasteiger partial charge in [0.1, 0.15) is 5.75 Å². The SMILES string of the molecule is COc1ccc(S(=O)(=O)Nc2ccc3nn(C)cc3c2)cc1. The van der Waals surface area contributed by atoms with Gasteiger partial charge in [-0.05, 0) is 42.5 Å². The molecule has 2 aromatic carbocycles. The van der Waals surface area contributed by atoms with E-state index in [9.17, 15) is 8.42 Å². The Kier molecular flexibility index (Phi) is 3.50. The predicted octanol–water partition coefficient (Wildman–Crippen LogP) is 2.38. The molecule has 3 aromatic rings. The maximum absolute atomic E-state index is 12.4. The lowest BCUT2D eigenvalue weighted by atomic mass is 10.2. The number of methoxy groups -OCH3 is 1. The van der Waals surface area contributed by atoms with Crippen LogP contribution in [0.15, 0.2) is 53.6 Å². The van der Waals surface area contributed by atoms with E-state index < -0.39 is 10.0 Å². The van der Waals surface area contributed by atoms with Crippen LogP contribution < -0.4 is 9.46 Å². The van der Waals surface area contributed by atoms with E-state index in [1.807, 2.05) is 13.2 Å². The lowest BCUT2D eigenvalue weighted by Gasteiger charge is -2.08. The lowest BCUT2D eigenvalue weighted by Crippen LogP contribution is -2.12. The van der Waals surface area contributed by atoms with Gasteiger partial charge < -0.3 is 4.74 Å². The molecule has 22 heavy (non-hydrogen) atoms. The molecular weight excluding hydrogens is 302 g/mol. The molecule has 0 spiro atoms. The quantitative estimate of drug-likeness (QED) is 0.802. The molecule has 0 aliphatic carbocycles. The first-order chi connectivity index (χ1) is 10.5. The molecule has 0 fully saturated rings. The summed E-state index contributed by atoms with van der Waals surface area (Å²) in [6, 6.07) is 11.5. The lowest BCUT2D eigenvalue weighted by molar-refractivity contribution is 0.414. The van der Waals surface area contributed by atoms with E-state index in [2.05, 4.69) is 9.82 Å². The summed E-state index contributed by atoms with van der Waals surface area (Å²) in [6.07, 6.45) is 1.83. The zero-order chi connectivity index (χ0) is 15.7. The van der Waals surface area contributed by atoms with E-state index in [1.165, 1.54) is 19.2 Å². The van der Waals surface area contributed by atoms with Gasteiger partial charge in [0, 0.05) is 24.3 Å². The summed E-state index contributed by atoms with van der Waals surface area (Å²) in [5.74, 6) is 0.607. The smallest absolute Gasteiger partial charge is 0.261 e. The molecule has 1 aromatic heterocycles. The normalized spacial score (nSPS) is 11.5. The number of fused-ring (bicyclic) bond motifs is 1. The Morgan fingerprint density at radius 1 is 1.14 bits per heavy atom. The van der Waals surface area contributed by atoms with Gasteiger partial charge in [-0.1, -0.05) is 0 Å². The first-order valence-electron chi connectivity index (χ1n) is 6.58. The van der Waals surface area contributed by atoms with Gasteiger partial charge in [-0.25, -0.2) is 8.42 Å². The van der Waals surface area contributed by atoms with Crippen molar-refractivity contribution in [2.75, 3.05) is 11.8 Å². The minimum Gasteiger partial charge on any atom is -0.497 e. The molecule has 3 rings (SSSR count). The first-order valence-corrected chi connectivity index (χ1v) is 8.06. The molecule has 0 bridgehead atoms. The number of hydrogen-bond acceptors (Lipinski definition) is 4. The highest BCUT2D eigenvalue weighted by molar-refractivity contribution is 7.92. The molecule has 0 aliphatic heterocycles. The van der Waals surface area contributed by atoms with E-state index in [-0.39, 0.29) is 4.90 Å². The fourth-order valence-electron chi connectivity index (χ4n) is 2.18. The fraction of sp³-hybridized carbons (Fsp3) is 0.133. The van der Waals surface area contributed by atoms with E-state index in [0.29, 0.717) is 11.4 Å². The number of aromatic nitrogens is 2. The zero-order valence-corrected chi connectivity index (χ0v) is 13.0. The molecule has 0 saturated heterocycles. The number of rotatable bonds is 4. The van der Waals surface area contributed by atoms with Crippen LogP contribution in [0.25, 0.3) is 10.9 Å². The number of sulfonamides is 1. The standard InChI is InChI=1S/C15H15N3O3S/c1-18-10-11-9-12(3-8-15(11)16-18)17-22(19,20)14-6-4-13(21-2)5-7-14/h3-10,17H,1-2H3. The van der Waals surface area contributed by atoms with Crippen LogP contribution in [0.3, 0.4) is 0 Å². The predicted molar refractivity (Wildman–Crippen MR) is 84.5 cm³/mol. The van der Waals surface area contributed by atoms with Crippen molar-refractivity contribution >= 4 is 26.6 Å². The Hall–Kier alpha value is -2.54. The third kappa shape index (κ3) is 2.75. The van der Waals surface area contributed by atoms with E-state index >= 15 is 0 Å². The van der Waals surface area contributed by atoms with Gasteiger partial charge in [0.25, 0.3) is 10.0 Å². The molecule has 0 amide bonds. The van der Waals surface area contributed by atoms with Gasteiger partial charge in [0.05, 0.1) is 17.5 Å². The Labute approximate surface area is 128 Å². The van der Waals surface area contributed by atoms with Crippen molar-refractivity contribution in [2.24, 2.45) is 7.05 Å². The van der Waals surface area contributed by atoms with Gasteiger partial charge in [0.15, 0.2) is 0 Å². The number of nitrogens with one attached hydrogen (secondary N) is 1. The molecule has 0 saturated carbocycles. The number of aryl methyl sites for hydroxylation is 1. The van der Waals surface area contributed by atoms with Gasteiger partial charge >= 0.3 is 0 Å². The van der Waals surface area contributed by atoms with Crippen LogP contribution in [0.1, 0.15) is 0 Å². The average Bonchev–Trinajstić information content (AvgIpc) is 2.86. The highest BCUT2D eigenvalue weighted by atomic mass is 32.2. The van der Waals surface area contributed by atoms with Gasteiger partial charge in [-0.2, -0.15) is 5.10 Å². The largest absolute Gasteiger partial charge is 0.497 e. The van der Waals surface area contributed by atoms with Crippen molar-refractivity contribution in [1.82, 2.24) is 9.78 Å². The number of nitrogens with zero attached hydrogens (tertiary/aromatic N) is 2. The highest BCUT2D eigenvalue weighted by Crippen LogP contribution is 2.22. The molecule has 0 unspecified atom stereocenters. The topological polar surface area (TPSA) is 73.2 Å². The molecule has 0 radical (unpaired) electrons. The number of anilines is 1. The van der Waals surface area contributed by atoms with Gasteiger partial charge in [-0.3, -0.25) is 9.40 Å². The third-order valence-corrected chi connectivity index (χ3v) is 4.64. The van der Waals surface area contributed by atoms with E-state index in [0.717, 1.165) is 10.9 Å². The molecule has 1 N–H and O–H groups in total. The third-order valence-electron chi connectivity index (χ3n) is 3.24. The van der Waals surface area contributed by atoms with Gasteiger partial charge in [-0.15, -0.1) is 0 Å². The van der Waals surface area contributed by atoms with Crippen molar-refractivity contribution in [1.29, 1.82) is 0 Å². The van der Waals surface area contributed by atoms with Crippen molar-refractivity contribution in [3.8, 4) is 5.75 Å². The maximum atomic E-state index is 12.4. The summed E-state index contributed by atoms with van der Waals surface area (Å²) >= 11 is 0. The van der Waals surface area contributed by atoms with Crippen molar-refractivity contribution in [3.63, 3.8) is 0 Å². The van der Waals surface area contributed by atoms with Crippen molar-refractivity contribution < 1.29 is 13.2 Å². The second kappa shape index (κ2) is 5.34. The van der Waals surface area contributed by atoms with E-state index in [1.54, 1.807) is 35.0 Å². The Morgan fingerprint density at radius 2 is 1.86 bits per heavy atom.